The lowest BCUT2D eigenvalue weighted by Crippen LogP contribution is -2.33. The van der Waals surface area contributed by atoms with Gasteiger partial charge < -0.3 is 4.42 Å². The fraction of sp³-hybridized carbons (Fsp3) is 0.636. The summed E-state index contributed by atoms with van der Waals surface area (Å²) in [6, 6.07) is 0.262. The highest BCUT2D eigenvalue weighted by molar-refractivity contribution is 5.69. The quantitative estimate of drug-likeness (QED) is 0.713. The predicted molar refractivity (Wildman–Crippen MR) is 55.7 cm³/mol. The van der Waals surface area contributed by atoms with Gasteiger partial charge in [-0.1, -0.05) is 13.3 Å². The number of piperidine rings is 1. The Morgan fingerprint density at radius 2 is 2.53 bits per heavy atom. The highest BCUT2D eigenvalue weighted by atomic mass is 16.4. The Morgan fingerprint density at radius 1 is 1.67 bits per heavy atom. The summed E-state index contributed by atoms with van der Waals surface area (Å²) in [5, 5.41) is 0. The number of nitrogens with zero attached hydrogens (tertiary/aromatic N) is 2. The van der Waals surface area contributed by atoms with Gasteiger partial charge in [-0.15, -0.1) is 0 Å². The molecule has 0 bridgehead atoms. The summed E-state index contributed by atoms with van der Waals surface area (Å²) < 4.78 is 5.38. The zero-order chi connectivity index (χ0) is 10.7. The van der Waals surface area contributed by atoms with Crippen LogP contribution in [0.1, 0.15) is 48.7 Å². The first-order chi connectivity index (χ1) is 7.35. The molecule has 1 aromatic rings. The smallest absolute Gasteiger partial charge is 0.212 e. The molecule has 4 heteroatoms. The zero-order valence-electron chi connectivity index (χ0n) is 8.98. The number of hydrogen-bond donors (Lipinski definition) is 0. The Morgan fingerprint density at radius 3 is 3.20 bits per heavy atom. The summed E-state index contributed by atoms with van der Waals surface area (Å²) in [6.45, 7) is 4.24. The lowest BCUT2D eigenvalue weighted by molar-refractivity contribution is 0.107. The fourth-order valence-electron chi connectivity index (χ4n) is 2.16. The van der Waals surface area contributed by atoms with Gasteiger partial charge in [0.05, 0.1) is 12.2 Å². The van der Waals surface area contributed by atoms with Crippen molar-refractivity contribution in [2.45, 2.75) is 32.2 Å². The molecule has 1 unspecified atom stereocenters. The van der Waals surface area contributed by atoms with Crippen molar-refractivity contribution in [1.29, 1.82) is 0 Å². The van der Waals surface area contributed by atoms with E-state index in [-0.39, 0.29) is 6.04 Å². The molecule has 1 aliphatic rings. The van der Waals surface area contributed by atoms with E-state index in [4.69, 9.17) is 4.42 Å². The summed E-state index contributed by atoms with van der Waals surface area (Å²) >= 11 is 0. The summed E-state index contributed by atoms with van der Waals surface area (Å²) in [7, 11) is 0. The van der Waals surface area contributed by atoms with E-state index in [2.05, 4.69) is 16.8 Å². The van der Waals surface area contributed by atoms with E-state index in [1.807, 2.05) is 0 Å². The molecule has 0 spiro atoms. The van der Waals surface area contributed by atoms with Crippen molar-refractivity contribution >= 4 is 6.29 Å². The van der Waals surface area contributed by atoms with Crippen LogP contribution in [0.2, 0.25) is 0 Å². The van der Waals surface area contributed by atoms with Crippen molar-refractivity contribution < 1.29 is 9.21 Å². The molecule has 1 aromatic heterocycles. The van der Waals surface area contributed by atoms with Crippen LogP contribution in [0.25, 0.3) is 0 Å². The van der Waals surface area contributed by atoms with Crippen molar-refractivity contribution in [2.75, 3.05) is 13.1 Å². The van der Waals surface area contributed by atoms with Gasteiger partial charge in [0, 0.05) is 0 Å². The first kappa shape index (κ1) is 10.4. The number of likely N-dealkylation sites (tertiary alicyclic amines) is 1. The highest BCUT2D eigenvalue weighted by Crippen LogP contribution is 2.29. The molecule has 0 radical (unpaired) electrons. The molecule has 1 fully saturated rings. The molecule has 1 atom stereocenters. The maximum atomic E-state index is 10.5. The number of carbonyl (C=O) groups is 1. The molecule has 0 aromatic carbocycles. The summed E-state index contributed by atoms with van der Waals surface area (Å²) in [5.41, 5.74) is 0. The minimum Gasteiger partial charge on any atom is -0.436 e. The van der Waals surface area contributed by atoms with Crippen molar-refractivity contribution in [3.05, 3.63) is 17.8 Å². The SMILES string of the molecule is CCN1CCCCC1c1ncc(C=O)o1. The van der Waals surface area contributed by atoms with Crippen LogP contribution in [0.15, 0.2) is 10.6 Å². The second-order valence-corrected chi connectivity index (χ2v) is 3.86. The van der Waals surface area contributed by atoms with Crippen LogP contribution in [0.4, 0.5) is 0 Å². The number of carbonyl (C=O) groups excluding carboxylic acids is 1. The molecule has 0 N–H and O–H groups in total. The Hall–Kier alpha value is -1.16. The van der Waals surface area contributed by atoms with Gasteiger partial charge in [-0.05, 0) is 25.9 Å². The fourth-order valence-corrected chi connectivity index (χ4v) is 2.16. The standard InChI is InChI=1S/C11H16N2O2/c1-2-13-6-4-3-5-10(13)11-12-7-9(8-14)15-11/h7-8,10H,2-6H2,1H3. The van der Waals surface area contributed by atoms with Gasteiger partial charge in [0.15, 0.2) is 12.0 Å². The minimum absolute atomic E-state index is 0.262. The first-order valence-electron chi connectivity index (χ1n) is 5.50. The second kappa shape index (κ2) is 4.57. The van der Waals surface area contributed by atoms with E-state index in [1.54, 1.807) is 0 Å². The second-order valence-electron chi connectivity index (χ2n) is 3.86. The maximum Gasteiger partial charge on any atom is 0.212 e. The van der Waals surface area contributed by atoms with Crippen LogP contribution < -0.4 is 0 Å². The molecule has 2 rings (SSSR count). The maximum absolute atomic E-state index is 10.5. The molecule has 0 saturated carbocycles. The molecule has 0 aliphatic carbocycles. The van der Waals surface area contributed by atoms with Gasteiger partial charge in [0.1, 0.15) is 0 Å². The first-order valence-corrected chi connectivity index (χ1v) is 5.50. The third kappa shape index (κ3) is 2.09. The average Bonchev–Trinajstić information content (AvgIpc) is 2.77. The Labute approximate surface area is 89.3 Å². The van der Waals surface area contributed by atoms with E-state index in [9.17, 15) is 4.79 Å². The van der Waals surface area contributed by atoms with Crippen LogP contribution in [-0.4, -0.2) is 29.3 Å². The van der Waals surface area contributed by atoms with Gasteiger partial charge in [-0.2, -0.15) is 0 Å². The number of hydrogen-bond acceptors (Lipinski definition) is 4. The summed E-state index contributed by atoms with van der Waals surface area (Å²) in [4.78, 5) is 17.0. The molecule has 1 saturated heterocycles. The van der Waals surface area contributed by atoms with Crippen LogP contribution in [0.5, 0.6) is 0 Å². The minimum atomic E-state index is 0.262. The Balaban J connectivity index is 2.16. The number of aromatic nitrogens is 1. The van der Waals surface area contributed by atoms with Crippen molar-refractivity contribution in [2.24, 2.45) is 0 Å². The zero-order valence-corrected chi connectivity index (χ0v) is 8.98. The molecule has 82 valence electrons. The lowest BCUT2D eigenvalue weighted by Gasteiger charge is -2.32. The third-order valence-electron chi connectivity index (χ3n) is 2.96. The van der Waals surface area contributed by atoms with E-state index >= 15 is 0 Å². The van der Waals surface area contributed by atoms with Crippen molar-refractivity contribution in [3.8, 4) is 0 Å². The number of rotatable bonds is 3. The van der Waals surface area contributed by atoms with Crippen LogP contribution >= 0.6 is 0 Å². The normalized spacial score (nSPS) is 22.9. The van der Waals surface area contributed by atoms with Crippen LogP contribution in [0, 0.1) is 0 Å². The molecular formula is C11H16N2O2. The van der Waals surface area contributed by atoms with Crippen molar-refractivity contribution in [1.82, 2.24) is 9.88 Å². The van der Waals surface area contributed by atoms with E-state index in [0.29, 0.717) is 17.9 Å². The van der Waals surface area contributed by atoms with Crippen LogP contribution in [-0.2, 0) is 0 Å². The van der Waals surface area contributed by atoms with Gasteiger partial charge >= 0.3 is 0 Å². The monoisotopic (exact) mass is 208 g/mol. The molecule has 2 heterocycles. The van der Waals surface area contributed by atoms with Gasteiger partial charge in [-0.25, -0.2) is 4.98 Å². The Kier molecular flexibility index (Phi) is 3.16. The van der Waals surface area contributed by atoms with Gasteiger partial charge in [-0.3, -0.25) is 9.69 Å². The van der Waals surface area contributed by atoms with E-state index < -0.39 is 0 Å². The summed E-state index contributed by atoms with van der Waals surface area (Å²) in [5.74, 6) is 1.02. The van der Waals surface area contributed by atoms with E-state index in [1.165, 1.54) is 19.0 Å². The van der Waals surface area contributed by atoms with E-state index in [0.717, 1.165) is 19.5 Å². The molecule has 1 aliphatic heterocycles. The lowest BCUT2D eigenvalue weighted by atomic mass is 10.0. The van der Waals surface area contributed by atoms with Gasteiger partial charge in [0.2, 0.25) is 5.89 Å². The predicted octanol–water partition coefficient (Wildman–Crippen LogP) is 2.03. The molecule has 4 nitrogen and oxygen atoms in total. The Bertz CT molecular complexity index is 335. The largest absolute Gasteiger partial charge is 0.436 e. The number of oxazole rings is 1. The summed E-state index contributed by atoms with van der Waals surface area (Å²) in [6.07, 6.45) is 5.73. The van der Waals surface area contributed by atoms with Gasteiger partial charge in [0.25, 0.3) is 0 Å². The molecule has 15 heavy (non-hydrogen) atoms. The number of aldehydes is 1. The average molecular weight is 208 g/mol. The topological polar surface area (TPSA) is 46.3 Å². The third-order valence-corrected chi connectivity index (χ3v) is 2.96. The molecular weight excluding hydrogens is 192 g/mol. The highest BCUT2D eigenvalue weighted by Gasteiger charge is 2.26. The molecule has 0 amide bonds. The van der Waals surface area contributed by atoms with Crippen molar-refractivity contribution in [3.63, 3.8) is 0 Å². The van der Waals surface area contributed by atoms with Crippen LogP contribution in [0.3, 0.4) is 0 Å².